The number of halogens is 1. The molecule has 1 N–H and O–H groups in total. The minimum Gasteiger partial charge on any atom is -0.383 e. The Morgan fingerprint density at radius 1 is 1.21 bits per heavy atom. The summed E-state index contributed by atoms with van der Waals surface area (Å²) in [6.45, 7) is 1.39. The molecule has 1 aliphatic carbocycles. The number of nitrogens with one attached hydrogen (secondary N) is 1. The van der Waals surface area contributed by atoms with E-state index in [0.29, 0.717) is 12.6 Å². The van der Waals surface area contributed by atoms with Crippen molar-refractivity contribution in [1.82, 2.24) is 9.13 Å². The standard InChI is InChI=1S/C14H16ClN3O/c15-11-1-3-12(4-2-11)16-7-8-17-9-10-18(14(17)19)13-5-6-13/h1-4,9-10,13,16H,5-8H2. The van der Waals surface area contributed by atoms with Crippen molar-refractivity contribution in [1.29, 1.82) is 0 Å². The molecule has 1 aromatic carbocycles. The van der Waals surface area contributed by atoms with E-state index in [1.807, 2.05) is 41.2 Å². The molecule has 19 heavy (non-hydrogen) atoms. The second-order valence-corrected chi connectivity index (χ2v) is 5.28. The highest BCUT2D eigenvalue weighted by atomic mass is 35.5. The van der Waals surface area contributed by atoms with E-state index in [2.05, 4.69) is 5.32 Å². The van der Waals surface area contributed by atoms with Crippen LogP contribution in [0.15, 0.2) is 41.5 Å². The van der Waals surface area contributed by atoms with Crippen LogP contribution in [0.3, 0.4) is 0 Å². The molecule has 3 rings (SSSR count). The molecule has 0 atom stereocenters. The summed E-state index contributed by atoms with van der Waals surface area (Å²) < 4.78 is 3.59. The molecule has 4 nitrogen and oxygen atoms in total. The summed E-state index contributed by atoms with van der Waals surface area (Å²) >= 11 is 5.82. The van der Waals surface area contributed by atoms with Crippen LogP contribution >= 0.6 is 11.6 Å². The molecular formula is C14H16ClN3O. The number of hydrogen-bond donors (Lipinski definition) is 1. The van der Waals surface area contributed by atoms with Crippen LogP contribution in [0.25, 0.3) is 0 Å². The number of aromatic nitrogens is 2. The van der Waals surface area contributed by atoms with Gasteiger partial charge in [0.2, 0.25) is 0 Å². The molecule has 0 bridgehead atoms. The monoisotopic (exact) mass is 277 g/mol. The summed E-state index contributed by atoms with van der Waals surface area (Å²) in [5, 5.41) is 4.00. The lowest BCUT2D eigenvalue weighted by molar-refractivity contribution is 0.633. The molecule has 1 saturated carbocycles. The van der Waals surface area contributed by atoms with Crippen LogP contribution in [0.1, 0.15) is 18.9 Å². The fourth-order valence-electron chi connectivity index (χ4n) is 2.12. The molecule has 0 saturated heterocycles. The predicted octanol–water partition coefficient (Wildman–Crippen LogP) is 2.75. The second-order valence-electron chi connectivity index (χ2n) is 4.85. The first kappa shape index (κ1) is 12.4. The van der Waals surface area contributed by atoms with Gasteiger partial charge in [-0.25, -0.2) is 4.79 Å². The molecule has 1 fully saturated rings. The van der Waals surface area contributed by atoms with Gasteiger partial charge in [0.1, 0.15) is 0 Å². The van der Waals surface area contributed by atoms with Crippen molar-refractivity contribution in [2.24, 2.45) is 0 Å². The fraction of sp³-hybridized carbons (Fsp3) is 0.357. The van der Waals surface area contributed by atoms with Gasteiger partial charge in [-0.3, -0.25) is 9.13 Å². The second kappa shape index (κ2) is 5.13. The lowest BCUT2D eigenvalue weighted by atomic mass is 10.3. The van der Waals surface area contributed by atoms with E-state index in [-0.39, 0.29) is 5.69 Å². The van der Waals surface area contributed by atoms with Gasteiger partial charge in [0.15, 0.2) is 0 Å². The van der Waals surface area contributed by atoms with Crippen molar-refractivity contribution < 1.29 is 0 Å². The van der Waals surface area contributed by atoms with Crippen LogP contribution in [-0.4, -0.2) is 15.7 Å². The van der Waals surface area contributed by atoms with Gasteiger partial charge in [-0.05, 0) is 37.1 Å². The van der Waals surface area contributed by atoms with Gasteiger partial charge in [-0.15, -0.1) is 0 Å². The SMILES string of the molecule is O=c1n(CCNc2ccc(Cl)cc2)ccn1C1CC1. The van der Waals surface area contributed by atoms with Crippen LogP contribution < -0.4 is 11.0 Å². The zero-order chi connectivity index (χ0) is 13.2. The highest BCUT2D eigenvalue weighted by molar-refractivity contribution is 6.30. The van der Waals surface area contributed by atoms with E-state index in [1.54, 1.807) is 4.57 Å². The third-order valence-corrected chi connectivity index (χ3v) is 3.59. The van der Waals surface area contributed by atoms with Crippen molar-refractivity contribution in [3.8, 4) is 0 Å². The number of hydrogen-bond acceptors (Lipinski definition) is 2. The number of imidazole rings is 1. The molecule has 0 amide bonds. The maximum atomic E-state index is 12.0. The van der Waals surface area contributed by atoms with E-state index in [9.17, 15) is 4.79 Å². The van der Waals surface area contributed by atoms with Crippen molar-refractivity contribution >= 4 is 17.3 Å². The van der Waals surface area contributed by atoms with Gasteiger partial charge in [-0.2, -0.15) is 0 Å². The molecule has 0 unspecified atom stereocenters. The van der Waals surface area contributed by atoms with E-state index in [4.69, 9.17) is 11.6 Å². The lowest BCUT2D eigenvalue weighted by Crippen LogP contribution is -2.25. The quantitative estimate of drug-likeness (QED) is 0.913. The fourth-order valence-corrected chi connectivity index (χ4v) is 2.24. The summed E-state index contributed by atoms with van der Waals surface area (Å²) in [5.41, 5.74) is 1.11. The highest BCUT2D eigenvalue weighted by Gasteiger charge is 2.25. The third kappa shape index (κ3) is 2.84. The molecular weight excluding hydrogens is 262 g/mol. The Bertz CT molecular complexity index is 610. The predicted molar refractivity (Wildman–Crippen MR) is 76.9 cm³/mol. The molecule has 0 radical (unpaired) electrons. The average molecular weight is 278 g/mol. The van der Waals surface area contributed by atoms with Crippen LogP contribution in [0, 0.1) is 0 Å². The van der Waals surface area contributed by atoms with Crippen molar-refractivity contribution in [3.05, 3.63) is 52.2 Å². The molecule has 0 spiro atoms. The Morgan fingerprint density at radius 3 is 2.63 bits per heavy atom. The number of anilines is 1. The Balaban J connectivity index is 1.57. The van der Waals surface area contributed by atoms with E-state index >= 15 is 0 Å². The first-order valence-corrected chi connectivity index (χ1v) is 6.88. The van der Waals surface area contributed by atoms with Crippen LogP contribution in [0.4, 0.5) is 5.69 Å². The lowest BCUT2D eigenvalue weighted by Gasteiger charge is -2.06. The zero-order valence-corrected chi connectivity index (χ0v) is 11.3. The van der Waals surface area contributed by atoms with Gasteiger partial charge < -0.3 is 5.32 Å². The Morgan fingerprint density at radius 2 is 1.95 bits per heavy atom. The Labute approximate surface area is 116 Å². The first-order chi connectivity index (χ1) is 9.24. The normalized spacial score (nSPS) is 14.6. The third-order valence-electron chi connectivity index (χ3n) is 3.34. The largest absolute Gasteiger partial charge is 0.383 e. The van der Waals surface area contributed by atoms with E-state index < -0.39 is 0 Å². The molecule has 1 aromatic heterocycles. The Hall–Kier alpha value is -1.68. The van der Waals surface area contributed by atoms with E-state index in [0.717, 1.165) is 30.1 Å². The minimum atomic E-state index is 0.0976. The summed E-state index contributed by atoms with van der Waals surface area (Å²) in [6, 6.07) is 8.00. The average Bonchev–Trinajstić information content (AvgIpc) is 3.18. The smallest absolute Gasteiger partial charge is 0.328 e. The molecule has 100 valence electrons. The summed E-state index contributed by atoms with van der Waals surface area (Å²) in [5.74, 6) is 0. The van der Waals surface area contributed by atoms with Crippen molar-refractivity contribution in [2.75, 3.05) is 11.9 Å². The van der Waals surface area contributed by atoms with Crippen molar-refractivity contribution in [2.45, 2.75) is 25.4 Å². The molecule has 1 heterocycles. The molecule has 0 aliphatic heterocycles. The van der Waals surface area contributed by atoms with Crippen LogP contribution in [-0.2, 0) is 6.54 Å². The van der Waals surface area contributed by atoms with Crippen molar-refractivity contribution in [3.63, 3.8) is 0 Å². The molecule has 5 heteroatoms. The van der Waals surface area contributed by atoms with Gasteiger partial charge in [0.25, 0.3) is 0 Å². The molecule has 2 aromatic rings. The maximum absolute atomic E-state index is 12.0. The van der Waals surface area contributed by atoms with Gasteiger partial charge in [0.05, 0.1) is 0 Å². The summed E-state index contributed by atoms with van der Waals surface area (Å²) in [6.07, 6.45) is 6.02. The van der Waals surface area contributed by atoms with Crippen LogP contribution in [0.2, 0.25) is 5.02 Å². The van der Waals surface area contributed by atoms with Gasteiger partial charge in [-0.1, -0.05) is 11.6 Å². The van der Waals surface area contributed by atoms with Crippen LogP contribution in [0.5, 0.6) is 0 Å². The minimum absolute atomic E-state index is 0.0976. The topological polar surface area (TPSA) is 39.0 Å². The molecule has 1 aliphatic rings. The Kier molecular flexibility index (Phi) is 3.34. The first-order valence-electron chi connectivity index (χ1n) is 6.51. The van der Waals surface area contributed by atoms with Gasteiger partial charge in [0, 0.05) is 42.2 Å². The maximum Gasteiger partial charge on any atom is 0.328 e. The number of nitrogens with zero attached hydrogens (tertiary/aromatic N) is 2. The van der Waals surface area contributed by atoms with E-state index in [1.165, 1.54) is 0 Å². The van der Waals surface area contributed by atoms with Gasteiger partial charge >= 0.3 is 5.69 Å². The highest BCUT2D eigenvalue weighted by Crippen LogP contribution is 2.33. The summed E-state index contributed by atoms with van der Waals surface area (Å²) in [7, 11) is 0. The zero-order valence-electron chi connectivity index (χ0n) is 10.6. The number of benzene rings is 1. The summed E-state index contributed by atoms with van der Waals surface area (Å²) in [4.78, 5) is 12.0. The number of rotatable bonds is 5.